The lowest BCUT2D eigenvalue weighted by Crippen LogP contribution is -2.40. The number of benzene rings is 1. The summed E-state index contributed by atoms with van der Waals surface area (Å²) >= 11 is 0. The van der Waals surface area contributed by atoms with Crippen LogP contribution >= 0.6 is 0 Å². The Kier molecular flexibility index (Phi) is 8.67. The van der Waals surface area contributed by atoms with Crippen LogP contribution in [0.4, 0.5) is 8.78 Å². The van der Waals surface area contributed by atoms with Gasteiger partial charge in [-0.2, -0.15) is 4.39 Å². The molecule has 3 unspecified atom stereocenters. The molecule has 5 heteroatoms. The fourth-order valence-electron chi connectivity index (χ4n) is 6.93. The third-order valence-electron chi connectivity index (χ3n) is 8.79. The fourth-order valence-corrected chi connectivity index (χ4v) is 6.93. The van der Waals surface area contributed by atoms with E-state index in [1.165, 1.54) is 63.5 Å². The Morgan fingerprint density at radius 2 is 1.48 bits per heavy atom. The van der Waals surface area contributed by atoms with Gasteiger partial charge in [-0.05, 0) is 93.6 Å². The van der Waals surface area contributed by atoms with E-state index >= 15 is 0 Å². The number of hydrogen-bond donors (Lipinski definition) is 1. The summed E-state index contributed by atoms with van der Waals surface area (Å²) in [7, 11) is 0. The summed E-state index contributed by atoms with van der Waals surface area (Å²) < 4.78 is 40.2. The van der Waals surface area contributed by atoms with Gasteiger partial charge in [0.2, 0.25) is 5.82 Å². The molecule has 1 aromatic carbocycles. The van der Waals surface area contributed by atoms with E-state index < -0.39 is 23.8 Å². The maximum atomic E-state index is 14.7. The molecule has 2 aliphatic carbocycles. The van der Waals surface area contributed by atoms with Crippen LogP contribution in [-0.2, 0) is 4.74 Å². The number of ether oxygens (including phenoxy) is 2. The lowest BCUT2D eigenvalue weighted by molar-refractivity contribution is -0.193. The molecule has 1 saturated heterocycles. The first-order valence-corrected chi connectivity index (χ1v) is 13.5. The molecule has 0 bridgehead atoms. The van der Waals surface area contributed by atoms with Gasteiger partial charge in [0.05, 0.1) is 12.7 Å². The predicted molar refractivity (Wildman–Crippen MR) is 126 cm³/mol. The molecule has 2 saturated carbocycles. The Bertz CT molecular complexity index is 754. The van der Waals surface area contributed by atoms with E-state index in [0.717, 1.165) is 37.0 Å². The highest BCUT2D eigenvalue weighted by Gasteiger charge is 2.39. The highest BCUT2D eigenvalue weighted by molar-refractivity contribution is 5.33. The number of hydrogen-bond acceptors (Lipinski definition) is 3. The van der Waals surface area contributed by atoms with Crippen molar-refractivity contribution >= 4 is 0 Å². The molecule has 0 amide bonds. The minimum Gasteiger partial charge on any atom is -0.491 e. The summed E-state index contributed by atoms with van der Waals surface area (Å²) in [5.41, 5.74) is 0.185. The highest BCUT2D eigenvalue weighted by atomic mass is 19.2. The Balaban J connectivity index is 1.27. The molecule has 3 fully saturated rings. The molecule has 0 radical (unpaired) electrons. The third-order valence-corrected chi connectivity index (χ3v) is 8.79. The van der Waals surface area contributed by atoms with Crippen LogP contribution < -0.4 is 4.74 Å². The fraction of sp³-hybridized carbons (Fsp3) is 0.786. The molecule has 1 heterocycles. The molecule has 1 N–H and O–H groups in total. The molecular formula is C28H42F2O3. The molecule has 1 aliphatic heterocycles. The Morgan fingerprint density at radius 3 is 2.09 bits per heavy atom. The minimum atomic E-state index is -1.10. The van der Waals surface area contributed by atoms with Crippen molar-refractivity contribution in [2.45, 2.75) is 109 Å². The van der Waals surface area contributed by atoms with Gasteiger partial charge in [-0.25, -0.2) is 4.39 Å². The van der Waals surface area contributed by atoms with Crippen LogP contribution in [0.2, 0.25) is 0 Å². The van der Waals surface area contributed by atoms with Gasteiger partial charge in [0.25, 0.3) is 0 Å². The topological polar surface area (TPSA) is 38.7 Å². The van der Waals surface area contributed by atoms with E-state index in [2.05, 4.69) is 6.92 Å². The van der Waals surface area contributed by atoms with Gasteiger partial charge < -0.3 is 14.6 Å². The number of aliphatic hydroxyl groups excluding tert-OH is 1. The largest absolute Gasteiger partial charge is 0.491 e. The molecule has 0 aromatic heterocycles. The summed E-state index contributed by atoms with van der Waals surface area (Å²) in [5, 5.41) is 10.7. The average Bonchev–Trinajstić information content (AvgIpc) is 2.83. The van der Waals surface area contributed by atoms with E-state index in [1.807, 2.05) is 0 Å². The Hall–Kier alpha value is -1.20. The maximum Gasteiger partial charge on any atom is 0.200 e. The Morgan fingerprint density at radius 1 is 0.848 bits per heavy atom. The predicted octanol–water partition coefficient (Wildman–Crippen LogP) is 7.36. The standard InChI is InChI=1S/C28H42F2O3/c1-3-5-18-6-8-19(9-7-18)20-10-12-21(13-11-20)24-16-15-23(28(31)33-24)22-14-17-25(32-4-2)27(30)26(22)29/h14,17-21,23-24,28,31H,3-13,15-16H2,1-2H3. The van der Waals surface area contributed by atoms with Crippen LogP contribution in [0, 0.1) is 35.3 Å². The molecule has 3 atom stereocenters. The Labute approximate surface area is 198 Å². The lowest BCUT2D eigenvalue weighted by Gasteiger charge is -2.42. The molecule has 33 heavy (non-hydrogen) atoms. The van der Waals surface area contributed by atoms with Gasteiger partial charge in [-0.3, -0.25) is 0 Å². The zero-order valence-electron chi connectivity index (χ0n) is 20.4. The van der Waals surface area contributed by atoms with Crippen LogP contribution in [0.25, 0.3) is 0 Å². The first-order valence-electron chi connectivity index (χ1n) is 13.5. The van der Waals surface area contributed by atoms with Gasteiger partial charge in [0.15, 0.2) is 17.9 Å². The molecule has 3 nitrogen and oxygen atoms in total. The second-order valence-corrected chi connectivity index (χ2v) is 10.7. The van der Waals surface area contributed by atoms with Crippen molar-refractivity contribution in [3.05, 3.63) is 29.3 Å². The molecular weight excluding hydrogens is 422 g/mol. The summed E-state index contributed by atoms with van der Waals surface area (Å²) in [6.45, 7) is 4.30. The SMILES string of the molecule is CCCC1CCC(C2CCC(C3CCC(c4ccc(OCC)c(F)c4F)C(O)O3)CC2)CC1. The third kappa shape index (κ3) is 5.73. The van der Waals surface area contributed by atoms with Gasteiger partial charge in [0, 0.05) is 5.92 Å². The second kappa shape index (κ2) is 11.5. The van der Waals surface area contributed by atoms with Crippen molar-refractivity contribution in [2.24, 2.45) is 23.7 Å². The summed E-state index contributed by atoms with van der Waals surface area (Å²) in [6, 6.07) is 2.98. The molecule has 3 aliphatic rings. The number of rotatable bonds is 7. The summed E-state index contributed by atoms with van der Waals surface area (Å²) in [4.78, 5) is 0. The number of aliphatic hydroxyl groups is 1. The van der Waals surface area contributed by atoms with E-state index in [0.29, 0.717) is 12.3 Å². The second-order valence-electron chi connectivity index (χ2n) is 10.7. The van der Waals surface area contributed by atoms with E-state index in [9.17, 15) is 13.9 Å². The van der Waals surface area contributed by atoms with E-state index in [-0.39, 0.29) is 24.0 Å². The quantitative estimate of drug-likeness (QED) is 0.458. The van der Waals surface area contributed by atoms with E-state index in [4.69, 9.17) is 9.47 Å². The zero-order chi connectivity index (χ0) is 23.4. The monoisotopic (exact) mass is 464 g/mol. The minimum absolute atomic E-state index is 0.0214. The van der Waals surface area contributed by atoms with Crippen LogP contribution in [0.1, 0.15) is 102 Å². The molecule has 4 rings (SSSR count). The first kappa shape index (κ1) is 24.9. The molecule has 1 aromatic rings. The smallest absolute Gasteiger partial charge is 0.200 e. The first-order chi connectivity index (χ1) is 16.0. The van der Waals surface area contributed by atoms with Gasteiger partial charge >= 0.3 is 0 Å². The normalized spacial score (nSPS) is 35.4. The van der Waals surface area contributed by atoms with Crippen LogP contribution in [-0.4, -0.2) is 24.1 Å². The maximum absolute atomic E-state index is 14.7. The summed E-state index contributed by atoms with van der Waals surface area (Å²) in [5.74, 6) is 0.646. The van der Waals surface area contributed by atoms with Gasteiger partial charge in [-0.1, -0.05) is 38.7 Å². The van der Waals surface area contributed by atoms with Crippen molar-refractivity contribution < 1.29 is 23.4 Å². The van der Waals surface area contributed by atoms with Crippen LogP contribution in [0.15, 0.2) is 12.1 Å². The summed E-state index contributed by atoms with van der Waals surface area (Å²) in [6.07, 6.45) is 13.5. The van der Waals surface area contributed by atoms with Crippen molar-refractivity contribution in [1.82, 2.24) is 0 Å². The highest BCUT2D eigenvalue weighted by Crippen LogP contribution is 2.45. The van der Waals surface area contributed by atoms with Gasteiger partial charge in [-0.15, -0.1) is 0 Å². The van der Waals surface area contributed by atoms with Crippen molar-refractivity contribution in [3.8, 4) is 5.75 Å². The van der Waals surface area contributed by atoms with E-state index in [1.54, 1.807) is 6.92 Å². The molecule has 0 spiro atoms. The average molecular weight is 465 g/mol. The number of halogens is 2. The lowest BCUT2D eigenvalue weighted by atomic mass is 9.67. The van der Waals surface area contributed by atoms with Gasteiger partial charge in [0.1, 0.15) is 0 Å². The zero-order valence-corrected chi connectivity index (χ0v) is 20.4. The van der Waals surface area contributed by atoms with Crippen LogP contribution in [0.3, 0.4) is 0 Å². The molecule has 186 valence electrons. The van der Waals surface area contributed by atoms with Crippen molar-refractivity contribution in [2.75, 3.05) is 6.61 Å². The van der Waals surface area contributed by atoms with Crippen LogP contribution in [0.5, 0.6) is 5.75 Å². The van der Waals surface area contributed by atoms with Crippen molar-refractivity contribution in [3.63, 3.8) is 0 Å². The van der Waals surface area contributed by atoms with Crippen molar-refractivity contribution in [1.29, 1.82) is 0 Å².